The molecule has 4 heterocycles. The Bertz CT molecular complexity index is 747. The van der Waals surface area contributed by atoms with Gasteiger partial charge in [0.2, 0.25) is 0 Å². The first kappa shape index (κ1) is 24.9. The van der Waals surface area contributed by atoms with E-state index in [0.29, 0.717) is 6.61 Å². The summed E-state index contributed by atoms with van der Waals surface area (Å²) in [7, 11) is 0. The summed E-state index contributed by atoms with van der Waals surface area (Å²) < 4.78 is 17.9. The molecule has 6 nitrogen and oxygen atoms in total. The van der Waals surface area contributed by atoms with Gasteiger partial charge < -0.3 is 19.3 Å². The average Bonchev–Trinajstić information content (AvgIpc) is 2.80. The summed E-state index contributed by atoms with van der Waals surface area (Å²) in [6.07, 6.45) is 16.4. The lowest BCUT2D eigenvalue weighted by Crippen LogP contribution is -2.22. The molecule has 4 rings (SSSR count). The van der Waals surface area contributed by atoms with E-state index in [4.69, 9.17) is 19.3 Å². The van der Waals surface area contributed by atoms with Gasteiger partial charge in [-0.25, -0.2) is 0 Å². The van der Waals surface area contributed by atoms with E-state index in [1.165, 1.54) is 19.3 Å². The molecule has 1 saturated heterocycles. The van der Waals surface area contributed by atoms with Crippen molar-refractivity contribution in [3.05, 3.63) is 69.3 Å². The van der Waals surface area contributed by atoms with Gasteiger partial charge in [0.1, 0.15) is 0 Å². The van der Waals surface area contributed by atoms with Crippen molar-refractivity contribution in [2.75, 3.05) is 13.2 Å². The van der Waals surface area contributed by atoms with Crippen LogP contribution in [0.5, 0.6) is 0 Å². The lowest BCUT2D eigenvalue weighted by atomic mass is 10.2. The SMILES string of the molecule is Brc1cncc(COC2CCCCO2)c1.C1=COCCC1.OCc1cncc(Br)c1. The normalized spacial score (nSPS) is 17.6. The van der Waals surface area contributed by atoms with E-state index in [9.17, 15) is 0 Å². The Morgan fingerprint density at radius 2 is 1.70 bits per heavy atom. The minimum absolute atomic E-state index is 0.0299. The molecule has 2 aliphatic rings. The Morgan fingerprint density at radius 3 is 2.17 bits per heavy atom. The van der Waals surface area contributed by atoms with E-state index in [1.54, 1.807) is 24.9 Å². The monoisotopic (exact) mass is 542 g/mol. The third-order valence-corrected chi connectivity index (χ3v) is 4.97. The quantitative estimate of drug-likeness (QED) is 0.546. The molecule has 164 valence electrons. The summed E-state index contributed by atoms with van der Waals surface area (Å²) in [5.41, 5.74) is 1.89. The molecule has 0 amide bonds. The molecule has 1 fully saturated rings. The van der Waals surface area contributed by atoms with Gasteiger partial charge in [-0.2, -0.15) is 0 Å². The van der Waals surface area contributed by atoms with E-state index in [-0.39, 0.29) is 12.9 Å². The molecule has 0 aromatic carbocycles. The Morgan fingerprint density at radius 1 is 0.967 bits per heavy atom. The van der Waals surface area contributed by atoms with Crippen molar-refractivity contribution in [3.8, 4) is 0 Å². The molecule has 0 bridgehead atoms. The second-order valence-corrected chi connectivity index (χ2v) is 8.50. The lowest BCUT2D eigenvalue weighted by Gasteiger charge is -2.22. The van der Waals surface area contributed by atoms with Crippen LogP contribution in [-0.4, -0.2) is 34.6 Å². The van der Waals surface area contributed by atoms with Crippen LogP contribution in [0.3, 0.4) is 0 Å². The zero-order valence-electron chi connectivity index (χ0n) is 16.9. The van der Waals surface area contributed by atoms with Crippen LogP contribution in [0.1, 0.15) is 43.2 Å². The largest absolute Gasteiger partial charge is 0.502 e. The van der Waals surface area contributed by atoms with Gasteiger partial charge in [0, 0.05) is 40.3 Å². The number of aliphatic hydroxyl groups is 1. The van der Waals surface area contributed by atoms with Crippen molar-refractivity contribution < 1.29 is 19.3 Å². The van der Waals surface area contributed by atoms with Crippen molar-refractivity contribution in [3.63, 3.8) is 0 Å². The van der Waals surface area contributed by atoms with Crippen LogP contribution in [0, 0.1) is 0 Å². The first-order valence-corrected chi connectivity index (χ1v) is 11.6. The van der Waals surface area contributed by atoms with Crippen LogP contribution in [0.15, 0.2) is 58.2 Å². The van der Waals surface area contributed by atoms with E-state index < -0.39 is 0 Å². The van der Waals surface area contributed by atoms with Gasteiger partial charge in [-0.15, -0.1) is 0 Å². The molecule has 2 aliphatic heterocycles. The topological polar surface area (TPSA) is 73.7 Å². The van der Waals surface area contributed by atoms with Gasteiger partial charge in [0.05, 0.1) is 26.1 Å². The maximum Gasteiger partial charge on any atom is 0.158 e. The number of allylic oxidation sites excluding steroid dienone is 1. The van der Waals surface area contributed by atoms with Crippen LogP contribution in [0.4, 0.5) is 0 Å². The number of halogens is 2. The van der Waals surface area contributed by atoms with E-state index >= 15 is 0 Å². The molecule has 2 aromatic rings. The van der Waals surface area contributed by atoms with Gasteiger partial charge in [0.15, 0.2) is 6.29 Å². The van der Waals surface area contributed by atoms with Gasteiger partial charge in [0.25, 0.3) is 0 Å². The zero-order valence-corrected chi connectivity index (χ0v) is 20.1. The molecule has 1 atom stereocenters. The lowest BCUT2D eigenvalue weighted by molar-refractivity contribution is -0.168. The van der Waals surface area contributed by atoms with Crippen LogP contribution >= 0.6 is 31.9 Å². The van der Waals surface area contributed by atoms with Crippen LogP contribution in [-0.2, 0) is 27.4 Å². The molecule has 0 saturated carbocycles. The Hall–Kier alpha value is -1.32. The minimum Gasteiger partial charge on any atom is -0.502 e. The third-order valence-electron chi connectivity index (χ3n) is 4.10. The third kappa shape index (κ3) is 11.2. The summed E-state index contributed by atoms with van der Waals surface area (Å²) in [6.45, 7) is 2.35. The molecule has 0 radical (unpaired) electrons. The predicted octanol–water partition coefficient (Wildman–Crippen LogP) is 5.53. The fourth-order valence-electron chi connectivity index (χ4n) is 2.60. The average molecular weight is 544 g/mol. The Labute approximate surface area is 194 Å². The molecule has 8 heteroatoms. The molecular formula is C22H28Br2N2O4. The molecule has 0 aliphatic carbocycles. The summed E-state index contributed by atoms with van der Waals surface area (Å²) in [6, 6.07) is 3.84. The number of pyridine rings is 2. The zero-order chi connectivity index (χ0) is 21.4. The number of nitrogens with zero attached hydrogens (tertiary/aromatic N) is 2. The fraction of sp³-hybridized carbons (Fsp3) is 0.455. The minimum atomic E-state index is -0.0299. The van der Waals surface area contributed by atoms with Crippen molar-refractivity contribution in [1.82, 2.24) is 9.97 Å². The highest BCUT2D eigenvalue weighted by molar-refractivity contribution is 9.10. The molecule has 30 heavy (non-hydrogen) atoms. The highest BCUT2D eigenvalue weighted by atomic mass is 79.9. The fourth-order valence-corrected chi connectivity index (χ4v) is 3.42. The van der Waals surface area contributed by atoms with Crippen LogP contribution in [0.2, 0.25) is 0 Å². The first-order chi connectivity index (χ1) is 14.7. The number of rotatable bonds is 4. The number of hydrogen-bond acceptors (Lipinski definition) is 6. The van der Waals surface area contributed by atoms with Crippen LogP contribution in [0.25, 0.3) is 0 Å². The predicted molar refractivity (Wildman–Crippen MR) is 123 cm³/mol. The van der Waals surface area contributed by atoms with E-state index in [2.05, 4.69) is 41.8 Å². The standard InChI is InChI=1S/C11H14BrNO2.C6H6BrNO.C5H8O/c12-10-5-9(6-13-7-10)8-15-11-3-1-2-4-14-11;7-6-1-5(4-9)2-8-3-6;1-2-4-6-5-3-1/h5-7,11H,1-4,8H2;1-3,9H,4H2;2,4H,1,3,5H2. The highest BCUT2D eigenvalue weighted by Gasteiger charge is 2.13. The second kappa shape index (κ2) is 15.5. The summed E-state index contributed by atoms with van der Waals surface area (Å²) >= 11 is 6.61. The number of ether oxygens (including phenoxy) is 3. The van der Waals surface area contributed by atoms with Crippen molar-refractivity contribution >= 4 is 31.9 Å². The van der Waals surface area contributed by atoms with Gasteiger partial charge in [-0.1, -0.05) is 0 Å². The van der Waals surface area contributed by atoms with Gasteiger partial charge in [-0.05, 0) is 93.3 Å². The summed E-state index contributed by atoms with van der Waals surface area (Å²) in [5.74, 6) is 0. The van der Waals surface area contributed by atoms with Gasteiger partial charge >= 0.3 is 0 Å². The van der Waals surface area contributed by atoms with Crippen molar-refractivity contribution in [2.24, 2.45) is 0 Å². The van der Waals surface area contributed by atoms with Crippen LogP contribution < -0.4 is 0 Å². The second-order valence-electron chi connectivity index (χ2n) is 6.67. The Balaban J connectivity index is 0.000000180. The summed E-state index contributed by atoms with van der Waals surface area (Å²) in [4.78, 5) is 7.93. The first-order valence-electron chi connectivity index (χ1n) is 9.97. The highest BCUT2D eigenvalue weighted by Crippen LogP contribution is 2.16. The number of hydrogen-bond donors (Lipinski definition) is 1. The molecule has 0 spiro atoms. The number of aliphatic hydroxyl groups excluding tert-OH is 1. The molecule has 2 aromatic heterocycles. The smallest absolute Gasteiger partial charge is 0.158 e. The number of aromatic nitrogens is 2. The molecular weight excluding hydrogens is 516 g/mol. The van der Waals surface area contributed by atoms with E-state index in [0.717, 1.165) is 46.1 Å². The molecule has 1 N–H and O–H groups in total. The maximum absolute atomic E-state index is 8.60. The van der Waals surface area contributed by atoms with E-state index in [1.807, 2.05) is 24.4 Å². The van der Waals surface area contributed by atoms with Crippen molar-refractivity contribution in [2.45, 2.75) is 51.6 Å². The molecule has 1 unspecified atom stereocenters. The summed E-state index contributed by atoms with van der Waals surface area (Å²) in [5, 5.41) is 8.60. The van der Waals surface area contributed by atoms with Gasteiger partial charge in [-0.3, -0.25) is 9.97 Å². The maximum atomic E-state index is 8.60. The Kier molecular flexibility index (Phi) is 12.9. The van der Waals surface area contributed by atoms with Crippen molar-refractivity contribution in [1.29, 1.82) is 0 Å².